The molecule has 0 saturated carbocycles. The molecule has 0 aliphatic carbocycles. The van der Waals surface area contributed by atoms with Crippen LogP contribution in [0.3, 0.4) is 0 Å². The second-order valence-electron chi connectivity index (χ2n) is 8.42. The van der Waals surface area contributed by atoms with E-state index in [-0.39, 0.29) is 18.0 Å². The summed E-state index contributed by atoms with van der Waals surface area (Å²) in [4.78, 5) is 31.3. The van der Waals surface area contributed by atoms with Gasteiger partial charge < -0.3 is 9.80 Å². The summed E-state index contributed by atoms with van der Waals surface area (Å²) in [7, 11) is 1.99. The van der Waals surface area contributed by atoms with Crippen LogP contribution in [0.4, 0.5) is 5.69 Å². The van der Waals surface area contributed by atoms with Crippen molar-refractivity contribution in [2.45, 2.75) is 12.6 Å². The van der Waals surface area contributed by atoms with Crippen LogP contribution in [0.1, 0.15) is 38.1 Å². The van der Waals surface area contributed by atoms with E-state index in [0.29, 0.717) is 29.1 Å². The van der Waals surface area contributed by atoms with Crippen molar-refractivity contribution in [2.24, 2.45) is 0 Å². The lowest BCUT2D eigenvalue weighted by molar-refractivity contribution is 0.0624. The first kappa shape index (κ1) is 20.5. The van der Waals surface area contributed by atoms with Crippen LogP contribution in [0.2, 0.25) is 5.02 Å². The maximum atomic E-state index is 13.9. The van der Waals surface area contributed by atoms with Crippen LogP contribution in [0.15, 0.2) is 71.2 Å². The van der Waals surface area contributed by atoms with Crippen LogP contribution >= 0.6 is 27.5 Å². The molecular formula is C26H19BrClN3O2. The summed E-state index contributed by atoms with van der Waals surface area (Å²) in [5.41, 5.74) is 4.89. The van der Waals surface area contributed by atoms with Gasteiger partial charge in [-0.05, 0) is 66.6 Å². The van der Waals surface area contributed by atoms with Gasteiger partial charge in [-0.25, -0.2) is 0 Å². The Morgan fingerprint density at radius 3 is 2.61 bits per heavy atom. The van der Waals surface area contributed by atoms with Crippen molar-refractivity contribution in [2.75, 3.05) is 18.5 Å². The summed E-state index contributed by atoms with van der Waals surface area (Å²) in [6, 6.07) is 20.6. The number of carbonyl (C=O) groups excluding carboxylic acids is 2. The highest BCUT2D eigenvalue weighted by molar-refractivity contribution is 9.10. The first-order chi connectivity index (χ1) is 16.0. The summed E-state index contributed by atoms with van der Waals surface area (Å²) >= 11 is 9.66. The molecule has 164 valence electrons. The Morgan fingerprint density at radius 2 is 1.82 bits per heavy atom. The lowest BCUT2D eigenvalue weighted by Gasteiger charge is -2.46. The van der Waals surface area contributed by atoms with Gasteiger partial charge in [0.2, 0.25) is 0 Å². The van der Waals surface area contributed by atoms with E-state index in [1.807, 2.05) is 48.3 Å². The van der Waals surface area contributed by atoms with E-state index in [4.69, 9.17) is 11.6 Å². The minimum absolute atomic E-state index is 0.00345. The molecule has 2 aliphatic rings. The molecule has 1 atom stereocenters. The first-order valence-corrected chi connectivity index (χ1v) is 11.9. The minimum atomic E-state index is -0.376. The molecule has 3 heterocycles. The Labute approximate surface area is 204 Å². The molecule has 5 nitrogen and oxygen atoms in total. The van der Waals surface area contributed by atoms with Gasteiger partial charge >= 0.3 is 0 Å². The van der Waals surface area contributed by atoms with Gasteiger partial charge in [-0.3, -0.25) is 14.2 Å². The van der Waals surface area contributed by atoms with Crippen LogP contribution in [-0.4, -0.2) is 34.9 Å². The molecule has 33 heavy (non-hydrogen) atoms. The van der Waals surface area contributed by atoms with Crippen molar-refractivity contribution in [3.8, 4) is 0 Å². The number of hydrogen-bond donors (Lipinski definition) is 0. The number of amides is 1. The molecule has 2 aliphatic heterocycles. The number of hydrogen-bond acceptors (Lipinski definition) is 3. The summed E-state index contributed by atoms with van der Waals surface area (Å²) in [5.74, 6) is -0.141. The number of carbonyl (C=O) groups is 2. The standard InChI is InChI=1S/C26H19BrClN3O2/c1-29-21-5-3-2-4-19(21)26(33)30-13-12-18-20-14-16(27)8-11-22(20)31(23(18)24(29)30)25(32)15-6-9-17(28)10-7-15/h2-11,14,24H,12-13H2,1H3. The average Bonchev–Trinajstić information content (AvgIpc) is 3.15. The fourth-order valence-corrected chi connectivity index (χ4v) is 5.66. The van der Waals surface area contributed by atoms with E-state index in [1.165, 1.54) is 0 Å². The topological polar surface area (TPSA) is 45.6 Å². The zero-order valence-corrected chi connectivity index (χ0v) is 20.1. The molecule has 0 fully saturated rings. The largest absolute Gasteiger partial charge is 0.349 e. The number of anilines is 1. The fraction of sp³-hybridized carbons (Fsp3) is 0.154. The fourth-order valence-electron chi connectivity index (χ4n) is 5.18. The average molecular weight is 521 g/mol. The van der Waals surface area contributed by atoms with Crippen molar-refractivity contribution in [1.29, 1.82) is 0 Å². The first-order valence-electron chi connectivity index (χ1n) is 10.7. The minimum Gasteiger partial charge on any atom is -0.349 e. The van der Waals surface area contributed by atoms with Gasteiger partial charge in [-0.15, -0.1) is 0 Å². The molecule has 3 aromatic carbocycles. The van der Waals surface area contributed by atoms with E-state index in [9.17, 15) is 9.59 Å². The van der Waals surface area contributed by atoms with Crippen molar-refractivity contribution >= 4 is 55.9 Å². The van der Waals surface area contributed by atoms with E-state index in [2.05, 4.69) is 26.9 Å². The van der Waals surface area contributed by atoms with Crippen molar-refractivity contribution < 1.29 is 9.59 Å². The van der Waals surface area contributed by atoms with Crippen LogP contribution in [0.5, 0.6) is 0 Å². The van der Waals surface area contributed by atoms with E-state index in [1.54, 1.807) is 28.8 Å². The Morgan fingerprint density at radius 1 is 1.06 bits per heavy atom. The molecule has 0 N–H and O–H groups in total. The van der Waals surface area contributed by atoms with Crippen molar-refractivity contribution in [3.63, 3.8) is 0 Å². The molecule has 0 bridgehead atoms. The Balaban J connectivity index is 1.63. The maximum absolute atomic E-state index is 13.9. The van der Waals surface area contributed by atoms with Crippen molar-refractivity contribution in [1.82, 2.24) is 9.47 Å². The van der Waals surface area contributed by atoms with Gasteiger partial charge in [0.25, 0.3) is 11.8 Å². The second kappa shape index (κ2) is 7.47. The van der Waals surface area contributed by atoms with Crippen LogP contribution in [-0.2, 0) is 6.42 Å². The van der Waals surface area contributed by atoms with Crippen LogP contribution < -0.4 is 4.90 Å². The molecule has 0 spiro atoms. The van der Waals surface area contributed by atoms with E-state index >= 15 is 0 Å². The number of para-hydroxylation sites is 1. The molecule has 7 heteroatoms. The molecule has 1 aromatic heterocycles. The van der Waals surface area contributed by atoms with Gasteiger partial charge in [0, 0.05) is 34.0 Å². The van der Waals surface area contributed by atoms with Gasteiger partial charge in [0.1, 0.15) is 6.17 Å². The normalized spacial score (nSPS) is 17.1. The molecule has 6 rings (SSSR count). The molecule has 0 radical (unpaired) electrons. The maximum Gasteiger partial charge on any atom is 0.262 e. The molecule has 4 aromatic rings. The highest BCUT2D eigenvalue weighted by atomic mass is 79.9. The van der Waals surface area contributed by atoms with Gasteiger partial charge in [-0.2, -0.15) is 0 Å². The monoisotopic (exact) mass is 519 g/mol. The van der Waals surface area contributed by atoms with Crippen LogP contribution in [0.25, 0.3) is 10.9 Å². The van der Waals surface area contributed by atoms with Gasteiger partial charge in [-0.1, -0.05) is 39.7 Å². The number of halogens is 2. The number of rotatable bonds is 1. The lowest BCUT2D eigenvalue weighted by Crippen LogP contribution is -2.51. The SMILES string of the molecule is CN1c2ccccc2C(=O)N2CCc3c(n(C(=O)c4ccc(Cl)cc4)c4ccc(Br)cc34)C21. The highest BCUT2D eigenvalue weighted by Gasteiger charge is 2.43. The molecular weight excluding hydrogens is 502 g/mol. The van der Waals surface area contributed by atoms with Gasteiger partial charge in [0.15, 0.2) is 0 Å². The highest BCUT2D eigenvalue weighted by Crippen LogP contribution is 2.45. The third-order valence-electron chi connectivity index (χ3n) is 6.65. The summed E-state index contributed by atoms with van der Waals surface area (Å²) < 4.78 is 2.74. The van der Waals surface area contributed by atoms with Crippen LogP contribution in [0, 0.1) is 0 Å². The molecule has 0 saturated heterocycles. The predicted octanol–water partition coefficient (Wildman–Crippen LogP) is 5.89. The number of benzene rings is 3. The number of nitrogens with zero attached hydrogens (tertiary/aromatic N) is 3. The smallest absolute Gasteiger partial charge is 0.262 e. The Bertz CT molecular complexity index is 1460. The third kappa shape index (κ3) is 2.97. The Kier molecular flexibility index (Phi) is 4.64. The number of fused-ring (bicyclic) bond motifs is 6. The summed E-state index contributed by atoms with van der Waals surface area (Å²) in [5, 5.41) is 1.61. The molecule has 1 unspecified atom stereocenters. The van der Waals surface area contributed by atoms with E-state index in [0.717, 1.165) is 32.3 Å². The molecule has 1 amide bonds. The quantitative estimate of drug-likeness (QED) is 0.314. The zero-order valence-electron chi connectivity index (χ0n) is 17.8. The lowest BCUT2D eigenvalue weighted by atomic mass is 9.96. The van der Waals surface area contributed by atoms with Gasteiger partial charge in [0.05, 0.1) is 22.5 Å². The summed E-state index contributed by atoms with van der Waals surface area (Å²) in [6.07, 6.45) is 0.306. The zero-order chi connectivity index (χ0) is 22.9. The summed E-state index contributed by atoms with van der Waals surface area (Å²) in [6.45, 7) is 0.593. The number of aromatic nitrogens is 1. The van der Waals surface area contributed by atoms with E-state index < -0.39 is 0 Å². The third-order valence-corrected chi connectivity index (χ3v) is 7.40. The van der Waals surface area contributed by atoms with Crippen molar-refractivity contribution in [3.05, 3.63) is 98.6 Å². The second-order valence-corrected chi connectivity index (χ2v) is 9.78. The predicted molar refractivity (Wildman–Crippen MR) is 133 cm³/mol. The Hall–Kier alpha value is -3.09.